The average Bonchev–Trinajstić information content (AvgIpc) is 3.41. The maximum Gasteiger partial charge on any atom is 0.257 e. The van der Waals surface area contributed by atoms with Gasteiger partial charge in [-0.25, -0.2) is 14.5 Å². The van der Waals surface area contributed by atoms with Gasteiger partial charge in [0.05, 0.1) is 29.0 Å². The van der Waals surface area contributed by atoms with Crippen molar-refractivity contribution in [2.24, 2.45) is 5.92 Å². The number of nitrogens with one attached hydrogen (secondary N) is 2. The van der Waals surface area contributed by atoms with Gasteiger partial charge in [-0.2, -0.15) is 5.10 Å². The van der Waals surface area contributed by atoms with Crippen LogP contribution in [0.3, 0.4) is 0 Å². The van der Waals surface area contributed by atoms with Gasteiger partial charge in [0.25, 0.3) is 5.91 Å². The monoisotopic (exact) mass is 410 g/mol. The lowest BCUT2D eigenvalue weighted by Gasteiger charge is -2.20. The first kappa shape index (κ1) is 19.0. The summed E-state index contributed by atoms with van der Waals surface area (Å²) in [5.74, 6) is 0.644. The van der Waals surface area contributed by atoms with Gasteiger partial charge in [-0.15, -0.1) is 0 Å². The molecule has 0 saturated carbocycles. The maximum atomic E-state index is 13.2. The third-order valence-corrected chi connectivity index (χ3v) is 5.37. The zero-order valence-corrected chi connectivity index (χ0v) is 17.3. The molecule has 2 aromatic carbocycles. The Labute approximate surface area is 179 Å². The predicted molar refractivity (Wildman–Crippen MR) is 120 cm³/mol. The zero-order valence-electron chi connectivity index (χ0n) is 17.3. The number of rotatable bonds is 5. The molecule has 154 valence electrons. The second-order valence-electron chi connectivity index (χ2n) is 7.82. The molecule has 0 fully saturated rings. The molecule has 0 aliphatic rings. The molecule has 2 N–H and O–H groups in total. The third-order valence-electron chi connectivity index (χ3n) is 5.37. The number of nitrogens with zero attached hydrogens (tertiary/aromatic N) is 4. The molecule has 7 heteroatoms. The molecule has 1 unspecified atom stereocenters. The molecule has 7 nitrogen and oxygen atoms in total. The molecule has 31 heavy (non-hydrogen) atoms. The Morgan fingerprint density at radius 2 is 1.81 bits per heavy atom. The largest absolute Gasteiger partial charge is 0.342 e. The van der Waals surface area contributed by atoms with E-state index in [1.807, 2.05) is 60.7 Å². The van der Waals surface area contributed by atoms with Gasteiger partial charge in [0.15, 0.2) is 5.65 Å². The van der Waals surface area contributed by atoms with Crippen molar-refractivity contribution in [2.75, 3.05) is 0 Å². The summed E-state index contributed by atoms with van der Waals surface area (Å²) in [7, 11) is 0. The number of H-pyrrole nitrogens is 1. The Kier molecular flexibility index (Phi) is 4.71. The normalized spacial score (nSPS) is 12.5. The van der Waals surface area contributed by atoms with Crippen LogP contribution in [0.2, 0.25) is 0 Å². The van der Waals surface area contributed by atoms with E-state index in [0.717, 1.165) is 28.1 Å². The van der Waals surface area contributed by atoms with Crippen molar-refractivity contribution in [2.45, 2.75) is 19.9 Å². The van der Waals surface area contributed by atoms with Gasteiger partial charge in [-0.05, 0) is 24.1 Å². The minimum Gasteiger partial charge on any atom is -0.342 e. The third kappa shape index (κ3) is 3.44. The second-order valence-corrected chi connectivity index (χ2v) is 7.82. The minimum absolute atomic E-state index is 0.138. The minimum atomic E-state index is -0.271. The van der Waals surface area contributed by atoms with Gasteiger partial charge in [0.2, 0.25) is 0 Å². The average molecular weight is 410 g/mol. The number of fused-ring (bicyclic) bond motifs is 2. The first-order valence-corrected chi connectivity index (χ1v) is 10.3. The summed E-state index contributed by atoms with van der Waals surface area (Å²) in [5, 5.41) is 7.57. The summed E-state index contributed by atoms with van der Waals surface area (Å²) in [5.41, 5.74) is 4.66. The van der Waals surface area contributed by atoms with E-state index < -0.39 is 0 Å². The van der Waals surface area contributed by atoms with Crippen LogP contribution in [0.4, 0.5) is 0 Å². The summed E-state index contributed by atoms with van der Waals surface area (Å²) in [6, 6.07) is 19.4. The van der Waals surface area contributed by atoms with Crippen molar-refractivity contribution in [3.8, 4) is 11.3 Å². The molecule has 0 saturated heterocycles. The maximum absolute atomic E-state index is 13.2. The number of aromatic amines is 1. The van der Waals surface area contributed by atoms with Crippen molar-refractivity contribution in [1.29, 1.82) is 0 Å². The second kappa shape index (κ2) is 7.68. The highest BCUT2D eigenvalue weighted by Gasteiger charge is 2.24. The lowest BCUT2D eigenvalue weighted by Crippen LogP contribution is -2.32. The lowest BCUT2D eigenvalue weighted by atomic mass is 10.0. The first-order valence-electron chi connectivity index (χ1n) is 10.3. The molecule has 0 aliphatic carbocycles. The number of hydrogen-bond donors (Lipinski definition) is 2. The van der Waals surface area contributed by atoms with Gasteiger partial charge in [-0.3, -0.25) is 4.79 Å². The van der Waals surface area contributed by atoms with Crippen molar-refractivity contribution < 1.29 is 4.79 Å². The van der Waals surface area contributed by atoms with Crippen molar-refractivity contribution >= 4 is 22.6 Å². The van der Waals surface area contributed by atoms with Crippen LogP contribution in [0.1, 0.15) is 36.1 Å². The Morgan fingerprint density at radius 1 is 1.03 bits per heavy atom. The molecule has 0 radical (unpaired) electrons. The summed E-state index contributed by atoms with van der Waals surface area (Å²) in [6.07, 6.45) is 3.27. The molecule has 3 heterocycles. The fourth-order valence-electron chi connectivity index (χ4n) is 3.77. The molecule has 5 rings (SSSR count). The Morgan fingerprint density at radius 3 is 2.58 bits per heavy atom. The predicted octanol–water partition coefficient (Wildman–Crippen LogP) is 4.40. The number of carbonyl (C=O) groups excluding carboxylic acids is 1. The zero-order chi connectivity index (χ0) is 21.4. The standard InChI is InChI=1S/C24H22N6O/c1-15(2)21(22-27-18-10-6-7-11-19(18)28-22)29-24(31)17-14-26-30-20(12-13-25-23(17)30)16-8-4-3-5-9-16/h3-15,21H,1-2H3,(H,27,28)(H,29,31). The molecule has 0 aliphatic heterocycles. The molecule has 5 aromatic rings. The van der Waals surface area contributed by atoms with E-state index in [9.17, 15) is 4.79 Å². The van der Waals surface area contributed by atoms with Crippen molar-refractivity contribution in [1.82, 2.24) is 29.9 Å². The van der Waals surface area contributed by atoms with Crippen LogP contribution >= 0.6 is 0 Å². The van der Waals surface area contributed by atoms with E-state index in [0.29, 0.717) is 11.2 Å². The van der Waals surface area contributed by atoms with Crippen LogP contribution in [-0.4, -0.2) is 30.5 Å². The highest BCUT2D eigenvalue weighted by molar-refractivity contribution is 6.00. The topological polar surface area (TPSA) is 88.0 Å². The number of benzene rings is 2. The molecule has 0 spiro atoms. The highest BCUT2D eigenvalue weighted by atomic mass is 16.1. The summed E-state index contributed by atoms with van der Waals surface area (Å²) in [4.78, 5) is 25.7. The van der Waals surface area contributed by atoms with Gasteiger partial charge >= 0.3 is 0 Å². The van der Waals surface area contributed by atoms with Crippen LogP contribution in [0, 0.1) is 5.92 Å². The lowest BCUT2D eigenvalue weighted by molar-refractivity contribution is 0.0925. The molecular weight excluding hydrogens is 388 g/mol. The number of para-hydroxylation sites is 2. The number of imidazole rings is 1. The summed E-state index contributed by atoms with van der Waals surface area (Å²) in [6.45, 7) is 4.11. The smallest absolute Gasteiger partial charge is 0.257 e. The molecular formula is C24H22N6O. The number of hydrogen-bond acceptors (Lipinski definition) is 4. The van der Waals surface area contributed by atoms with Gasteiger partial charge in [-0.1, -0.05) is 56.3 Å². The van der Waals surface area contributed by atoms with E-state index in [1.54, 1.807) is 16.9 Å². The fraction of sp³-hybridized carbons (Fsp3) is 0.167. The summed E-state index contributed by atoms with van der Waals surface area (Å²) < 4.78 is 1.70. The summed E-state index contributed by atoms with van der Waals surface area (Å²) >= 11 is 0. The number of amides is 1. The fourth-order valence-corrected chi connectivity index (χ4v) is 3.77. The van der Waals surface area contributed by atoms with Crippen molar-refractivity contribution in [3.05, 3.63) is 84.4 Å². The van der Waals surface area contributed by atoms with Crippen LogP contribution in [0.15, 0.2) is 73.1 Å². The molecule has 0 bridgehead atoms. The Bertz CT molecular complexity index is 1340. The van der Waals surface area contributed by atoms with Gasteiger partial charge in [0, 0.05) is 11.8 Å². The van der Waals surface area contributed by atoms with E-state index in [2.05, 4.69) is 39.2 Å². The van der Waals surface area contributed by atoms with Gasteiger partial charge < -0.3 is 10.3 Å². The Hall–Kier alpha value is -4.00. The molecule has 1 amide bonds. The van der Waals surface area contributed by atoms with Gasteiger partial charge in [0.1, 0.15) is 11.4 Å². The quantitative estimate of drug-likeness (QED) is 0.450. The van der Waals surface area contributed by atoms with Crippen LogP contribution in [0.25, 0.3) is 27.9 Å². The van der Waals surface area contributed by atoms with E-state index in [1.165, 1.54) is 0 Å². The SMILES string of the molecule is CC(C)C(NC(=O)c1cnn2c(-c3ccccc3)ccnc12)c1nc2ccccc2[nH]1. The van der Waals surface area contributed by atoms with E-state index in [-0.39, 0.29) is 17.9 Å². The van der Waals surface area contributed by atoms with Crippen LogP contribution in [0.5, 0.6) is 0 Å². The van der Waals surface area contributed by atoms with Crippen molar-refractivity contribution in [3.63, 3.8) is 0 Å². The van der Waals surface area contributed by atoms with Crippen LogP contribution < -0.4 is 5.32 Å². The highest BCUT2D eigenvalue weighted by Crippen LogP contribution is 2.24. The molecule has 3 aromatic heterocycles. The number of carbonyl (C=O) groups is 1. The van der Waals surface area contributed by atoms with Crippen LogP contribution in [-0.2, 0) is 0 Å². The number of aromatic nitrogens is 5. The Balaban J connectivity index is 1.49. The van der Waals surface area contributed by atoms with E-state index in [4.69, 9.17) is 0 Å². The van der Waals surface area contributed by atoms with E-state index >= 15 is 0 Å². The molecule has 1 atom stereocenters. The first-order chi connectivity index (χ1) is 15.1.